The third-order valence-electron chi connectivity index (χ3n) is 2.63. The molecule has 20 heavy (non-hydrogen) atoms. The molecule has 4 nitrogen and oxygen atoms in total. The number of rotatable bonds is 5. The molecule has 2 aromatic carbocycles. The van der Waals surface area contributed by atoms with E-state index in [2.05, 4.69) is 28.0 Å². The highest BCUT2D eigenvalue weighted by Crippen LogP contribution is 2.08. The van der Waals surface area contributed by atoms with Gasteiger partial charge in [-0.05, 0) is 38.1 Å². The Morgan fingerprint density at radius 1 is 0.900 bits per heavy atom. The predicted molar refractivity (Wildman–Crippen MR) is 86.5 cm³/mol. The SMILES string of the molecule is CC(/C=N/Nc1ccc(C)cc1)=N/Nc1ccccc1. The fourth-order valence-corrected chi connectivity index (χ4v) is 1.52. The van der Waals surface area contributed by atoms with Gasteiger partial charge >= 0.3 is 0 Å². The van der Waals surface area contributed by atoms with E-state index in [1.54, 1.807) is 6.21 Å². The van der Waals surface area contributed by atoms with Gasteiger partial charge in [-0.15, -0.1) is 0 Å². The van der Waals surface area contributed by atoms with E-state index < -0.39 is 0 Å². The summed E-state index contributed by atoms with van der Waals surface area (Å²) in [5.74, 6) is 0. The molecule has 0 aliphatic carbocycles. The van der Waals surface area contributed by atoms with E-state index in [0.29, 0.717) is 0 Å². The summed E-state index contributed by atoms with van der Waals surface area (Å²) >= 11 is 0. The van der Waals surface area contributed by atoms with Gasteiger partial charge in [0.2, 0.25) is 0 Å². The Morgan fingerprint density at radius 2 is 1.55 bits per heavy atom. The van der Waals surface area contributed by atoms with Crippen LogP contribution in [0.3, 0.4) is 0 Å². The third kappa shape index (κ3) is 4.57. The van der Waals surface area contributed by atoms with Gasteiger partial charge in [0.1, 0.15) is 0 Å². The lowest BCUT2D eigenvalue weighted by atomic mass is 10.2. The number of para-hydroxylation sites is 1. The average Bonchev–Trinajstić information content (AvgIpc) is 2.48. The van der Waals surface area contributed by atoms with Crippen molar-refractivity contribution in [3.63, 3.8) is 0 Å². The maximum Gasteiger partial charge on any atom is 0.0776 e. The topological polar surface area (TPSA) is 48.8 Å². The summed E-state index contributed by atoms with van der Waals surface area (Å²) in [5, 5.41) is 8.35. The van der Waals surface area contributed by atoms with Crippen LogP contribution in [0, 0.1) is 6.92 Å². The third-order valence-corrected chi connectivity index (χ3v) is 2.63. The molecule has 0 spiro atoms. The van der Waals surface area contributed by atoms with Gasteiger partial charge in [-0.1, -0.05) is 35.9 Å². The van der Waals surface area contributed by atoms with Gasteiger partial charge in [0.25, 0.3) is 0 Å². The van der Waals surface area contributed by atoms with Crippen LogP contribution in [-0.2, 0) is 0 Å². The van der Waals surface area contributed by atoms with Crippen LogP contribution in [0.25, 0.3) is 0 Å². The molecule has 0 saturated heterocycles. The average molecular weight is 266 g/mol. The van der Waals surface area contributed by atoms with Crippen molar-refractivity contribution in [1.29, 1.82) is 0 Å². The molecule has 0 bridgehead atoms. The van der Waals surface area contributed by atoms with Gasteiger partial charge in [0.05, 0.1) is 23.3 Å². The summed E-state index contributed by atoms with van der Waals surface area (Å²) in [6.45, 7) is 3.94. The number of benzene rings is 2. The van der Waals surface area contributed by atoms with Gasteiger partial charge in [-0.25, -0.2) is 0 Å². The standard InChI is InChI=1S/C16H18N4/c1-13-8-10-16(11-9-13)19-17-12-14(2)18-20-15-6-4-3-5-7-15/h3-12,19-20H,1-2H3/b17-12+,18-14-. The molecule has 102 valence electrons. The molecular weight excluding hydrogens is 248 g/mol. The highest BCUT2D eigenvalue weighted by atomic mass is 15.3. The number of aryl methyl sites for hydroxylation is 1. The van der Waals surface area contributed by atoms with Crippen molar-refractivity contribution in [2.24, 2.45) is 10.2 Å². The summed E-state index contributed by atoms with van der Waals surface area (Å²) in [6.07, 6.45) is 1.68. The monoisotopic (exact) mass is 266 g/mol. The van der Waals surface area contributed by atoms with Crippen molar-refractivity contribution in [2.75, 3.05) is 10.9 Å². The smallest absolute Gasteiger partial charge is 0.0776 e. The first-order valence-electron chi connectivity index (χ1n) is 6.45. The number of hydrogen-bond donors (Lipinski definition) is 2. The van der Waals surface area contributed by atoms with Gasteiger partial charge in [0, 0.05) is 0 Å². The van der Waals surface area contributed by atoms with E-state index >= 15 is 0 Å². The lowest BCUT2D eigenvalue weighted by Gasteiger charge is -2.01. The number of hydrazone groups is 2. The molecule has 0 saturated carbocycles. The quantitative estimate of drug-likeness (QED) is 0.637. The molecule has 4 heteroatoms. The molecule has 0 aliphatic rings. The molecular formula is C16H18N4. The number of hydrogen-bond acceptors (Lipinski definition) is 4. The molecule has 2 rings (SSSR count). The maximum absolute atomic E-state index is 4.22. The van der Waals surface area contributed by atoms with Crippen LogP contribution < -0.4 is 10.9 Å². The van der Waals surface area contributed by atoms with Crippen molar-refractivity contribution >= 4 is 23.3 Å². The molecule has 0 radical (unpaired) electrons. The Labute approximate surface area is 119 Å². The first-order valence-corrected chi connectivity index (χ1v) is 6.45. The van der Waals surface area contributed by atoms with Crippen LogP contribution in [0.2, 0.25) is 0 Å². The van der Waals surface area contributed by atoms with Crippen molar-refractivity contribution in [3.8, 4) is 0 Å². The van der Waals surface area contributed by atoms with Gasteiger partial charge in [0.15, 0.2) is 0 Å². The van der Waals surface area contributed by atoms with Crippen LogP contribution in [-0.4, -0.2) is 11.9 Å². The van der Waals surface area contributed by atoms with Crippen LogP contribution in [0.15, 0.2) is 64.8 Å². The summed E-state index contributed by atoms with van der Waals surface area (Å²) in [4.78, 5) is 0. The zero-order chi connectivity index (χ0) is 14.2. The second kappa shape index (κ2) is 7.09. The molecule has 0 atom stereocenters. The fourth-order valence-electron chi connectivity index (χ4n) is 1.52. The van der Waals surface area contributed by atoms with Crippen molar-refractivity contribution in [3.05, 3.63) is 60.2 Å². The second-order valence-corrected chi connectivity index (χ2v) is 4.47. The lowest BCUT2D eigenvalue weighted by molar-refractivity contribution is 1.32. The largest absolute Gasteiger partial charge is 0.278 e. The van der Waals surface area contributed by atoms with Crippen LogP contribution >= 0.6 is 0 Å². The minimum Gasteiger partial charge on any atom is -0.278 e. The fraction of sp³-hybridized carbons (Fsp3) is 0.125. The predicted octanol–water partition coefficient (Wildman–Crippen LogP) is 3.88. The van der Waals surface area contributed by atoms with Gasteiger partial charge in [-0.3, -0.25) is 10.9 Å². The minimum atomic E-state index is 0.786. The molecule has 2 aromatic rings. The molecule has 0 amide bonds. The first kappa shape index (κ1) is 13.8. The molecule has 2 N–H and O–H groups in total. The van der Waals surface area contributed by atoms with Gasteiger partial charge < -0.3 is 0 Å². The zero-order valence-corrected chi connectivity index (χ0v) is 11.7. The number of nitrogens with zero attached hydrogens (tertiary/aromatic N) is 2. The lowest BCUT2D eigenvalue weighted by Crippen LogP contribution is -2.00. The molecule has 0 fully saturated rings. The maximum atomic E-state index is 4.22. The normalized spacial score (nSPS) is 11.6. The van der Waals surface area contributed by atoms with Crippen LogP contribution in [0.5, 0.6) is 0 Å². The van der Waals surface area contributed by atoms with E-state index in [0.717, 1.165) is 17.1 Å². The highest BCUT2D eigenvalue weighted by molar-refractivity contribution is 6.29. The first-order chi connectivity index (χ1) is 9.74. The minimum absolute atomic E-state index is 0.786. The van der Waals surface area contributed by atoms with E-state index in [9.17, 15) is 0 Å². The second-order valence-electron chi connectivity index (χ2n) is 4.47. The summed E-state index contributed by atoms with van der Waals surface area (Å²) in [6, 6.07) is 17.8. The van der Waals surface area contributed by atoms with Gasteiger partial charge in [-0.2, -0.15) is 10.2 Å². The Hall–Kier alpha value is -2.62. The summed E-state index contributed by atoms with van der Waals surface area (Å²) < 4.78 is 0. The van der Waals surface area contributed by atoms with Crippen LogP contribution in [0.1, 0.15) is 12.5 Å². The van der Waals surface area contributed by atoms with E-state index in [1.165, 1.54) is 5.56 Å². The number of anilines is 2. The van der Waals surface area contributed by atoms with E-state index in [-0.39, 0.29) is 0 Å². The van der Waals surface area contributed by atoms with Crippen molar-refractivity contribution < 1.29 is 0 Å². The summed E-state index contributed by atoms with van der Waals surface area (Å²) in [7, 11) is 0. The van der Waals surface area contributed by atoms with Crippen molar-refractivity contribution in [2.45, 2.75) is 13.8 Å². The Kier molecular flexibility index (Phi) is 4.89. The Morgan fingerprint density at radius 3 is 2.25 bits per heavy atom. The molecule has 0 aliphatic heterocycles. The van der Waals surface area contributed by atoms with E-state index in [4.69, 9.17) is 0 Å². The zero-order valence-electron chi connectivity index (χ0n) is 11.7. The molecule has 0 unspecified atom stereocenters. The highest BCUT2D eigenvalue weighted by Gasteiger charge is 1.90. The van der Waals surface area contributed by atoms with E-state index in [1.807, 2.05) is 61.5 Å². The number of nitrogens with one attached hydrogen (secondary N) is 2. The Bertz CT molecular complexity index is 586. The Balaban J connectivity index is 1.85. The molecule has 0 heterocycles. The summed E-state index contributed by atoms with van der Waals surface area (Å²) in [5.41, 5.74) is 9.85. The molecule has 0 aromatic heterocycles. The van der Waals surface area contributed by atoms with Crippen LogP contribution in [0.4, 0.5) is 11.4 Å². The van der Waals surface area contributed by atoms with Crippen molar-refractivity contribution in [1.82, 2.24) is 0 Å².